The molecule has 0 spiro atoms. The lowest BCUT2D eigenvalue weighted by atomic mass is 10.1. The summed E-state index contributed by atoms with van der Waals surface area (Å²) in [6.07, 6.45) is 1.71. The van der Waals surface area contributed by atoms with Crippen molar-refractivity contribution in [1.29, 1.82) is 0 Å². The Labute approximate surface area is 216 Å². The van der Waals surface area contributed by atoms with E-state index in [1.807, 2.05) is 13.8 Å². The van der Waals surface area contributed by atoms with Crippen molar-refractivity contribution in [1.82, 2.24) is 10.2 Å². The number of carbonyl (C=O) groups excluding carboxylic acids is 2. The summed E-state index contributed by atoms with van der Waals surface area (Å²) in [5.41, 5.74) is 0.735. The van der Waals surface area contributed by atoms with Crippen molar-refractivity contribution < 1.29 is 26.8 Å². The molecule has 2 aromatic carbocycles. The fourth-order valence-electron chi connectivity index (χ4n) is 3.48. The third-order valence-electron chi connectivity index (χ3n) is 5.78. The van der Waals surface area contributed by atoms with Crippen LogP contribution in [0.25, 0.3) is 0 Å². The first-order valence-corrected chi connectivity index (χ1v) is 13.8. The molecule has 0 aliphatic heterocycles. The van der Waals surface area contributed by atoms with Crippen LogP contribution in [-0.2, 0) is 26.2 Å². The van der Waals surface area contributed by atoms with Crippen LogP contribution in [0.15, 0.2) is 42.5 Å². The van der Waals surface area contributed by atoms with Crippen molar-refractivity contribution in [2.45, 2.75) is 58.7 Å². The molecule has 0 radical (unpaired) electrons. The number of anilines is 1. The average Bonchev–Trinajstić information content (AvgIpc) is 2.81. The van der Waals surface area contributed by atoms with Gasteiger partial charge in [0.05, 0.1) is 11.9 Å². The Balaban J connectivity index is 2.18. The Kier molecular flexibility index (Phi) is 10.7. The smallest absolute Gasteiger partial charge is 0.242 e. The topological polar surface area (TPSA) is 86.8 Å². The molecule has 11 heteroatoms. The Morgan fingerprint density at radius 2 is 1.69 bits per heavy atom. The lowest BCUT2D eigenvalue weighted by molar-refractivity contribution is -0.140. The monoisotopic (exact) mass is 543 g/mol. The Morgan fingerprint density at radius 1 is 1.06 bits per heavy atom. The Bertz CT molecular complexity index is 1160. The Hall–Kier alpha value is -2.72. The third kappa shape index (κ3) is 8.44. The van der Waals surface area contributed by atoms with Crippen molar-refractivity contribution in [2.75, 3.05) is 17.1 Å². The quantitative estimate of drug-likeness (QED) is 0.427. The molecule has 1 N–H and O–H groups in total. The van der Waals surface area contributed by atoms with Crippen LogP contribution in [0.2, 0.25) is 5.02 Å². The maximum atomic E-state index is 13.7. The summed E-state index contributed by atoms with van der Waals surface area (Å²) in [6.45, 7) is 5.47. The maximum absolute atomic E-state index is 13.7. The molecule has 0 aliphatic rings. The molecule has 2 rings (SSSR count). The standard InChI is InChI=1S/C25H32ClF2N3O4S/c1-5-17(2)29-25(33)18(3)30(16-19-8-10-20(26)11-9-19)24(32)7-6-14-31(36(4,34)35)21-12-13-22(27)23(28)15-21/h8-13,15,17-18H,5-7,14,16H2,1-4H3,(H,29,33)/t17-,18-/m0/s1. The largest absolute Gasteiger partial charge is 0.352 e. The number of rotatable bonds is 12. The molecule has 0 saturated heterocycles. The SMILES string of the molecule is CC[C@H](C)NC(=O)[C@H](C)N(Cc1ccc(Cl)cc1)C(=O)CCCN(c1ccc(F)c(F)c1)S(C)(=O)=O. The van der Waals surface area contributed by atoms with Crippen molar-refractivity contribution >= 4 is 39.1 Å². The molecule has 198 valence electrons. The van der Waals surface area contributed by atoms with E-state index in [0.29, 0.717) is 5.02 Å². The van der Waals surface area contributed by atoms with Crippen molar-refractivity contribution in [3.05, 3.63) is 64.7 Å². The molecule has 2 atom stereocenters. The predicted octanol–water partition coefficient (Wildman–Crippen LogP) is 4.50. The van der Waals surface area contributed by atoms with Crippen molar-refractivity contribution in [3.8, 4) is 0 Å². The number of hydrogen-bond donors (Lipinski definition) is 1. The van der Waals surface area contributed by atoms with Crippen LogP contribution < -0.4 is 9.62 Å². The van der Waals surface area contributed by atoms with E-state index in [1.165, 1.54) is 4.90 Å². The summed E-state index contributed by atoms with van der Waals surface area (Å²) in [5, 5.41) is 3.42. The highest BCUT2D eigenvalue weighted by Gasteiger charge is 2.27. The van der Waals surface area contributed by atoms with E-state index in [9.17, 15) is 26.8 Å². The zero-order valence-electron chi connectivity index (χ0n) is 20.8. The number of nitrogens with one attached hydrogen (secondary N) is 1. The van der Waals surface area contributed by atoms with Crippen LogP contribution in [0.3, 0.4) is 0 Å². The molecular weight excluding hydrogens is 512 g/mol. The Morgan fingerprint density at radius 3 is 2.25 bits per heavy atom. The van der Waals surface area contributed by atoms with Crippen molar-refractivity contribution in [2.24, 2.45) is 0 Å². The highest BCUT2D eigenvalue weighted by Crippen LogP contribution is 2.22. The van der Waals surface area contributed by atoms with Gasteiger partial charge >= 0.3 is 0 Å². The molecule has 2 aromatic rings. The molecule has 0 heterocycles. The number of nitrogens with zero attached hydrogens (tertiary/aromatic N) is 2. The number of sulfonamides is 1. The van der Waals surface area contributed by atoms with Crippen LogP contribution in [0.4, 0.5) is 14.5 Å². The highest BCUT2D eigenvalue weighted by atomic mass is 35.5. The fraction of sp³-hybridized carbons (Fsp3) is 0.440. The van der Waals surface area contributed by atoms with Gasteiger partial charge in [0.25, 0.3) is 0 Å². The first-order valence-electron chi connectivity index (χ1n) is 11.6. The van der Waals surface area contributed by atoms with Gasteiger partial charge in [-0.05, 0) is 56.5 Å². The fourth-order valence-corrected chi connectivity index (χ4v) is 4.56. The van der Waals surface area contributed by atoms with Gasteiger partial charge in [0.1, 0.15) is 6.04 Å². The van der Waals surface area contributed by atoms with E-state index in [1.54, 1.807) is 31.2 Å². The van der Waals surface area contributed by atoms with Gasteiger partial charge < -0.3 is 10.2 Å². The normalized spacial score (nSPS) is 13.1. The minimum absolute atomic E-state index is 0.0387. The molecule has 2 amide bonds. The van der Waals surface area contributed by atoms with Gasteiger partial charge in [-0.25, -0.2) is 17.2 Å². The summed E-state index contributed by atoms with van der Waals surface area (Å²) >= 11 is 5.96. The number of halogens is 3. The zero-order chi connectivity index (χ0) is 27.0. The molecule has 0 aliphatic carbocycles. The van der Waals surface area contributed by atoms with Gasteiger partial charge in [0.15, 0.2) is 11.6 Å². The zero-order valence-corrected chi connectivity index (χ0v) is 22.4. The van der Waals surface area contributed by atoms with E-state index in [4.69, 9.17) is 11.6 Å². The average molecular weight is 544 g/mol. The number of benzene rings is 2. The van der Waals surface area contributed by atoms with E-state index >= 15 is 0 Å². The minimum atomic E-state index is -3.82. The summed E-state index contributed by atoms with van der Waals surface area (Å²) < 4.78 is 52.5. The van der Waals surface area contributed by atoms with Gasteiger partial charge in [0.2, 0.25) is 21.8 Å². The number of carbonyl (C=O) groups is 2. The molecular formula is C25H32ClF2N3O4S. The summed E-state index contributed by atoms with van der Waals surface area (Å²) in [4.78, 5) is 27.4. The maximum Gasteiger partial charge on any atom is 0.242 e. The van der Waals surface area contributed by atoms with Crippen LogP contribution in [-0.4, -0.2) is 50.0 Å². The van der Waals surface area contributed by atoms with Gasteiger partial charge in [0, 0.05) is 36.6 Å². The highest BCUT2D eigenvalue weighted by molar-refractivity contribution is 7.92. The molecule has 0 fully saturated rings. The van der Waals surface area contributed by atoms with E-state index in [0.717, 1.165) is 40.7 Å². The van der Waals surface area contributed by atoms with Crippen LogP contribution >= 0.6 is 11.6 Å². The molecule has 0 unspecified atom stereocenters. The van der Waals surface area contributed by atoms with Gasteiger partial charge in [-0.3, -0.25) is 13.9 Å². The van der Waals surface area contributed by atoms with E-state index in [-0.39, 0.29) is 49.5 Å². The molecule has 7 nitrogen and oxygen atoms in total. The van der Waals surface area contributed by atoms with Crippen LogP contribution in [0, 0.1) is 11.6 Å². The van der Waals surface area contributed by atoms with Crippen LogP contribution in [0.5, 0.6) is 0 Å². The number of amides is 2. The van der Waals surface area contributed by atoms with E-state index < -0.39 is 27.7 Å². The predicted molar refractivity (Wildman–Crippen MR) is 137 cm³/mol. The summed E-state index contributed by atoms with van der Waals surface area (Å²) in [7, 11) is -3.82. The summed E-state index contributed by atoms with van der Waals surface area (Å²) in [5.74, 6) is -2.92. The van der Waals surface area contributed by atoms with Crippen LogP contribution in [0.1, 0.15) is 45.6 Å². The molecule has 36 heavy (non-hydrogen) atoms. The second-order valence-electron chi connectivity index (χ2n) is 8.68. The van der Waals surface area contributed by atoms with Gasteiger partial charge in [-0.15, -0.1) is 0 Å². The lowest BCUT2D eigenvalue weighted by Gasteiger charge is -2.30. The van der Waals surface area contributed by atoms with E-state index in [2.05, 4.69) is 5.32 Å². The second kappa shape index (κ2) is 13.0. The third-order valence-corrected chi connectivity index (χ3v) is 7.22. The molecule has 0 bridgehead atoms. The van der Waals surface area contributed by atoms with Gasteiger partial charge in [-0.2, -0.15) is 0 Å². The second-order valence-corrected chi connectivity index (χ2v) is 11.0. The molecule has 0 aromatic heterocycles. The molecule has 0 saturated carbocycles. The summed E-state index contributed by atoms with van der Waals surface area (Å²) in [6, 6.07) is 8.87. The lowest BCUT2D eigenvalue weighted by Crippen LogP contribution is -2.49. The number of hydrogen-bond acceptors (Lipinski definition) is 4. The first-order chi connectivity index (χ1) is 16.8. The van der Waals surface area contributed by atoms with Crippen molar-refractivity contribution in [3.63, 3.8) is 0 Å². The van der Waals surface area contributed by atoms with Gasteiger partial charge in [-0.1, -0.05) is 30.7 Å². The minimum Gasteiger partial charge on any atom is -0.352 e. The first kappa shape index (κ1) is 29.5.